The van der Waals surface area contributed by atoms with E-state index in [1.165, 1.54) is 4.68 Å². The van der Waals surface area contributed by atoms with E-state index >= 15 is 0 Å². The van der Waals surface area contributed by atoms with E-state index in [9.17, 15) is 4.79 Å². The molecule has 0 aromatic carbocycles. The molecule has 82 valence electrons. The van der Waals surface area contributed by atoms with E-state index in [1.54, 1.807) is 18.3 Å². The average molecular weight is 228 g/mol. The first kappa shape index (κ1) is 11.8. The Kier molecular flexibility index (Phi) is 4.37. The number of hydrogen-bond donors (Lipinski definition) is 0. The van der Waals surface area contributed by atoms with Crippen LogP contribution in [0.4, 0.5) is 5.69 Å². The fourth-order valence-electron chi connectivity index (χ4n) is 1.04. The van der Waals surface area contributed by atoms with Gasteiger partial charge in [0.05, 0.1) is 18.4 Å². The molecule has 4 nitrogen and oxygen atoms in total. The van der Waals surface area contributed by atoms with E-state index in [4.69, 9.17) is 11.6 Å². The smallest absolute Gasteiger partial charge is 0.269 e. The second-order valence-corrected chi connectivity index (χ2v) is 3.56. The van der Waals surface area contributed by atoms with Gasteiger partial charge < -0.3 is 4.90 Å². The summed E-state index contributed by atoms with van der Waals surface area (Å²) in [6, 6.07) is 1.56. The summed E-state index contributed by atoms with van der Waals surface area (Å²) in [4.78, 5) is 13.4. The van der Waals surface area contributed by atoms with Crippen molar-refractivity contribution in [1.29, 1.82) is 0 Å². The van der Waals surface area contributed by atoms with Crippen molar-refractivity contribution in [3.63, 3.8) is 0 Å². The predicted octanol–water partition coefficient (Wildman–Crippen LogP) is 1.10. The normalized spacial score (nSPS) is 10.9. The highest BCUT2D eigenvalue weighted by Gasteiger charge is 1.99. The topological polar surface area (TPSA) is 38.1 Å². The maximum Gasteiger partial charge on any atom is 0.269 e. The van der Waals surface area contributed by atoms with Crippen molar-refractivity contribution in [3.05, 3.63) is 34.8 Å². The zero-order valence-electron chi connectivity index (χ0n) is 8.85. The first-order valence-corrected chi connectivity index (χ1v) is 5.14. The fourth-order valence-corrected chi connectivity index (χ4v) is 1.17. The highest BCUT2D eigenvalue weighted by atomic mass is 35.5. The number of anilines is 1. The van der Waals surface area contributed by atoms with Crippen LogP contribution in [0.15, 0.2) is 29.2 Å². The van der Waals surface area contributed by atoms with E-state index in [1.807, 2.05) is 25.1 Å². The van der Waals surface area contributed by atoms with Gasteiger partial charge in [-0.15, -0.1) is 11.6 Å². The van der Waals surface area contributed by atoms with Crippen molar-refractivity contribution in [3.8, 4) is 0 Å². The summed E-state index contributed by atoms with van der Waals surface area (Å²) in [6.07, 6.45) is 5.27. The monoisotopic (exact) mass is 227 g/mol. The number of rotatable bonds is 4. The van der Waals surface area contributed by atoms with Crippen molar-refractivity contribution in [2.24, 2.45) is 0 Å². The Hall–Kier alpha value is -1.29. The summed E-state index contributed by atoms with van der Waals surface area (Å²) >= 11 is 5.47. The van der Waals surface area contributed by atoms with E-state index in [-0.39, 0.29) is 5.56 Å². The van der Waals surface area contributed by atoms with Gasteiger partial charge >= 0.3 is 0 Å². The van der Waals surface area contributed by atoms with Gasteiger partial charge in [-0.05, 0) is 0 Å². The van der Waals surface area contributed by atoms with Crippen molar-refractivity contribution < 1.29 is 0 Å². The fraction of sp³-hybridized carbons (Fsp3) is 0.400. The maximum atomic E-state index is 11.5. The van der Waals surface area contributed by atoms with Crippen LogP contribution in [-0.2, 0) is 6.54 Å². The van der Waals surface area contributed by atoms with Gasteiger partial charge in [0.25, 0.3) is 5.56 Å². The molecule has 0 radical (unpaired) electrons. The molecule has 0 saturated carbocycles. The third-order valence-corrected chi connectivity index (χ3v) is 2.08. The minimum absolute atomic E-state index is 0.111. The van der Waals surface area contributed by atoms with E-state index in [0.717, 1.165) is 5.69 Å². The van der Waals surface area contributed by atoms with Crippen molar-refractivity contribution in [1.82, 2.24) is 9.78 Å². The third-order valence-electron chi connectivity index (χ3n) is 1.91. The zero-order valence-corrected chi connectivity index (χ0v) is 9.61. The van der Waals surface area contributed by atoms with Gasteiger partial charge in [-0.3, -0.25) is 4.79 Å². The summed E-state index contributed by atoms with van der Waals surface area (Å²) in [5.41, 5.74) is 0.693. The number of alkyl halides is 1. The molecular weight excluding hydrogens is 214 g/mol. The molecule has 15 heavy (non-hydrogen) atoms. The zero-order chi connectivity index (χ0) is 11.3. The van der Waals surface area contributed by atoms with Gasteiger partial charge in [0.1, 0.15) is 0 Å². The van der Waals surface area contributed by atoms with Crippen LogP contribution < -0.4 is 10.5 Å². The Labute approximate surface area is 93.8 Å². The van der Waals surface area contributed by atoms with E-state index in [0.29, 0.717) is 12.4 Å². The number of nitrogens with zero attached hydrogens (tertiary/aromatic N) is 3. The number of aromatic nitrogens is 2. The Morgan fingerprint density at radius 2 is 2.27 bits per heavy atom. The summed E-state index contributed by atoms with van der Waals surface area (Å²) < 4.78 is 1.38. The molecule has 0 aliphatic heterocycles. The SMILES string of the molecule is CN(C)c1cnn(C/C=C/CCl)c(=O)c1. The third kappa shape index (κ3) is 3.40. The lowest BCUT2D eigenvalue weighted by molar-refractivity contribution is 0.650. The first-order valence-electron chi connectivity index (χ1n) is 4.60. The van der Waals surface area contributed by atoms with Crippen molar-refractivity contribution >= 4 is 17.3 Å². The lowest BCUT2D eigenvalue weighted by Crippen LogP contribution is -2.23. The summed E-state index contributed by atoms with van der Waals surface area (Å²) in [5, 5.41) is 4.04. The average Bonchev–Trinajstić information content (AvgIpc) is 2.20. The van der Waals surface area contributed by atoms with Crippen LogP contribution in [0, 0.1) is 0 Å². The lowest BCUT2D eigenvalue weighted by Gasteiger charge is -2.11. The molecule has 0 aliphatic carbocycles. The largest absolute Gasteiger partial charge is 0.376 e. The molecule has 0 saturated heterocycles. The molecule has 0 atom stereocenters. The van der Waals surface area contributed by atoms with E-state index in [2.05, 4.69) is 5.10 Å². The molecule has 0 N–H and O–H groups in total. The van der Waals surface area contributed by atoms with Gasteiger partial charge in [-0.1, -0.05) is 12.2 Å². The molecule has 0 unspecified atom stereocenters. The van der Waals surface area contributed by atoms with Crippen LogP contribution >= 0.6 is 11.6 Å². The Morgan fingerprint density at radius 1 is 1.53 bits per heavy atom. The second-order valence-electron chi connectivity index (χ2n) is 3.25. The predicted molar refractivity (Wildman–Crippen MR) is 62.7 cm³/mol. The summed E-state index contributed by atoms with van der Waals surface area (Å²) in [7, 11) is 3.74. The molecule has 5 heteroatoms. The molecule has 0 fully saturated rings. The van der Waals surface area contributed by atoms with Crippen LogP contribution in [0.2, 0.25) is 0 Å². The highest BCUT2D eigenvalue weighted by molar-refractivity contribution is 6.18. The summed E-state index contributed by atoms with van der Waals surface area (Å²) in [5.74, 6) is 0.449. The molecule has 1 heterocycles. The number of allylic oxidation sites excluding steroid dienone is 2. The maximum absolute atomic E-state index is 11.5. The number of hydrogen-bond acceptors (Lipinski definition) is 3. The van der Waals surface area contributed by atoms with Crippen molar-refractivity contribution in [2.75, 3.05) is 24.9 Å². The molecule has 0 aliphatic rings. The minimum atomic E-state index is -0.111. The first-order chi connectivity index (χ1) is 7.15. The highest BCUT2D eigenvalue weighted by Crippen LogP contribution is 2.03. The van der Waals surface area contributed by atoms with Crippen LogP contribution in [0.3, 0.4) is 0 Å². The van der Waals surface area contributed by atoms with Gasteiger partial charge in [0.2, 0.25) is 0 Å². The second kappa shape index (κ2) is 5.56. The minimum Gasteiger partial charge on any atom is -0.376 e. The molecule has 0 amide bonds. The van der Waals surface area contributed by atoms with E-state index < -0.39 is 0 Å². The number of halogens is 1. The van der Waals surface area contributed by atoms with Gasteiger partial charge in [-0.25, -0.2) is 4.68 Å². The molecule has 0 bridgehead atoms. The van der Waals surface area contributed by atoms with Crippen LogP contribution in [0.5, 0.6) is 0 Å². The molecule has 0 spiro atoms. The van der Waals surface area contributed by atoms with Crippen LogP contribution in [-0.4, -0.2) is 29.8 Å². The molecular formula is C10H14ClN3O. The Morgan fingerprint density at radius 3 is 2.80 bits per heavy atom. The Bertz CT molecular complexity index is 398. The van der Waals surface area contributed by atoms with Crippen molar-refractivity contribution in [2.45, 2.75) is 6.54 Å². The van der Waals surface area contributed by atoms with Gasteiger partial charge in [0, 0.05) is 26.0 Å². The molecule has 1 aromatic rings. The van der Waals surface area contributed by atoms with Gasteiger partial charge in [0.15, 0.2) is 0 Å². The van der Waals surface area contributed by atoms with Gasteiger partial charge in [-0.2, -0.15) is 5.10 Å². The Balaban J connectivity index is 2.84. The molecule has 1 rings (SSSR count). The van der Waals surface area contributed by atoms with Crippen LogP contribution in [0.25, 0.3) is 0 Å². The summed E-state index contributed by atoms with van der Waals surface area (Å²) in [6.45, 7) is 0.458. The quantitative estimate of drug-likeness (QED) is 0.571. The van der Waals surface area contributed by atoms with Crippen LogP contribution in [0.1, 0.15) is 0 Å². The molecule has 1 aromatic heterocycles. The lowest BCUT2D eigenvalue weighted by atomic mass is 10.4. The standard InChI is InChI=1S/C10H14ClN3O/c1-13(2)9-7-10(15)14(12-8-9)6-4-3-5-11/h3-4,7-8H,5-6H2,1-2H3/b4-3+.